The molecule has 4 rings (SSSR count). The lowest BCUT2D eigenvalue weighted by molar-refractivity contribution is -0.137. The Labute approximate surface area is 168 Å². The normalized spacial score (nSPS) is 11.6. The number of benzene rings is 2. The van der Waals surface area contributed by atoms with Crippen molar-refractivity contribution < 1.29 is 18.0 Å². The number of carbonyl (C=O) groups is 1. The number of hydrogen-bond donors (Lipinski definition) is 1. The fraction of sp³-hybridized carbons (Fsp3) is 0.0952. The van der Waals surface area contributed by atoms with Crippen LogP contribution in [0.5, 0.6) is 0 Å². The van der Waals surface area contributed by atoms with Gasteiger partial charge in [-0.1, -0.05) is 24.3 Å². The Morgan fingerprint density at radius 1 is 1.03 bits per heavy atom. The van der Waals surface area contributed by atoms with Crippen molar-refractivity contribution in [3.05, 3.63) is 88.5 Å². The molecule has 2 aromatic rings. The van der Waals surface area contributed by atoms with Crippen molar-refractivity contribution >= 4 is 11.6 Å². The predicted octanol–water partition coefficient (Wildman–Crippen LogP) is 3.95. The summed E-state index contributed by atoms with van der Waals surface area (Å²) in [5, 5.41) is 6.75. The lowest BCUT2D eigenvalue weighted by atomic mass is 10.1. The molecule has 9 heteroatoms. The molecule has 0 bridgehead atoms. The molecule has 2 heterocycles. The minimum Gasteiger partial charge on any atom is -0.356 e. The minimum absolute atomic E-state index is 0.0145. The summed E-state index contributed by atoms with van der Waals surface area (Å²) in [6.07, 6.45) is -1.52. The molecule has 0 spiro atoms. The number of aryl methyl sites for hydroxylation is 1. The Balaban J connectivity index is 1.76. The average molecular weight is 412 g/mol. The number of halogens is 3. The summed E-state index contributed by atoms with van der Waals surface area (Å²) in [4.78, 5) is 25.6. The summed E-state index contributed by atoms with van der Waals surface area (Å²) in [6.45, 7) is 0. The third kappa shape index (κ3) is 3.57. The molecule has 1 amide bonds. The van der Waals surface area contributed by atoms with Crippen LogP contribution in [0.3, 0.4) is 0 Å². The van der Waals surface area contributed by atoms with Gasteiger partial charge in [0.1, 0.15) is 5.69 Å². The first-order valence-electron chi connectivity index (χ1n) is 8.87. The van der Waals surface area contributed by atoms with Gasteiger partial charge in [0.05, 0.1) is 22.4 Å². The number of rotatable bonds is 3. The molecule has 0 fully saturated rings. The maximum absolute atomic E-state index is 12.9. The highest BCUT2D eigenvalue weighted by molar-refractivity contribution is 6.08. The number of pyridine rings is 1. The SMILES string of the molecule is Cn1cc(C(=O)Nc2cccc(C(F)(F)F)c2)c2nn(-c3ccccc3)c(=O)c-2c1. The van der Waals surface area contributed by atoms with Gasteiger partial charge in [-0.2, -0.15) is 23.0 Å². The molecule has 0 aliphatic carbocycles. The lowest BCUT2D eigenvalue weighted by Gasteiger charge is -2.12. The smallest absolute Gasteiger partial charge is 0.356 e. The van der Waals surface area contributed by atoms with Gasteiger partial charge in [0, 0.05) is 25.1 Å². The highest BCUT2D eigenvalue weighted by Gasteiger charge is 2.31. The third-order valence-electron chi connectivity index (χ3n) is 4.49. The Bertz CT molecular complexity index is 1260. The summed E-state index contributed by atoms with van der Waals surface area (Å²) in [7, 11) is 1.64. The van der Waals surface area contributed by atoms with Crippen molar-refractivity contribution in [2.75, 3.05) is 5.32 Å². The predicted molar refractivity (Wildman–Crippen MR) is 105 cm³/mol. The van der Waals surface area contributed by atoms with E-state index in [1.807, 2.05) is 0 Å². The van der Waals surface area contributed by atoms with E-state index in [0.29, 0.717) is 5.69 Å². The van der Waals surface area contributed by atoms with Crippen LogP contribution in [-0.4, -0.2) is 20.3 Å². The highest BCUT2D eigenvalue weighted by Crippen LogP contribution is 2.31. The summed E-state index contributed by atoms with van der Waals surface area (Å²) in [5.74, 6) is -0.673. The molecule has 0 radical (unpaired) electrons. The molecule has 1 N–H and O–H groups in total. The van der Waals surface area contributed by atoms with Crippen LogP contribution in [0.25, 0.3) is 16.9 Å². The Morgan fingerprint density at radius 2 is 1.77 bits per heavy atom. The van der Waals surface area contributed by atoms with Gasteiger partial charge < -0.3 is 9.88 Å². The van der Waals surface area contributed by atoms with Gasteiger partial charge >= 0.3 is 6.18 Å². The largest absolute Gasteiger partial charge is 0.416 e. The van der Waals surface area contributed by atoms with Gasteiger partial charge in [0.15, 0.2) is 0 Å². The zero-order valence-electron chi connectivity index (χ0n) is 15.6. The third-order valence-corrected chi connectivity index (χ3v) is 4.49. The van der Waals surface area contributed by atoms with E-state index in [1.165, 1.54) is 27.6 Å². The molecule has 0 aromatic heterocycles. The molecule has 0 saturated heterocycles. The van der Waals surface area contributed by atoms with E-state index in [0.717, 1.165) is 12.1 Å². The van der Waals surface area contributed by atoms with Crippen molar-refractivity contribution in [2.45, 2.75) is 6.18 Å². The number of amides is 1. The molecule has 6 nitrogen and oxygen atoms in total. The van der Waals surface area contributed by atoms with Crippen LogP contribution in [0, 0.1) is 0 Å². The highest BCUT2D eigenvalue weighted by atomic mass is 19.4. The Hall–Kier alpha value is -3.88. The molecule has 2 aliphatic heterocycles. The first-order chi connectivity index (χ1) is 14.2. The van der Waals surface area contributed by atoms with Gasteiger partial charge in [-0.3, -0.25) is 9.59 Å². The fourth-order valence-electron chi connectivity index (χ4n) is 3.12. The quantitative estimate of drug-likeness (QED) is 0.554. The summed E-state index contributed by atoms with van der Waals surface area (Å²) < 4.78 is 41.5. The molecule has 2 aromatic carbocycles. The average Bonchev–Trinajstić information content (AvgIpc) is 3.04. The molecule has 0 saturated carbocycles. The molecule has 2 aliphatic rings. The van der Waals surface area contributed by atoms with Crippen LogP contribution in [0.1, 0.15) is 15.9 Å². The second-order valence-corrected chi connectivity index (χ2v) is 6.68. The van der Waals surface area contributed by atoms with Crippen molar-refractivity contribution in [1.29, 1.82) is 0 Å². The molecule has 0 atom stereocenters. The van der Waals surface area contributed by atoms with Gasteiger partial charge in [-0.05, 0) is 30.3 Å². The second kappa shape index (κ2) is 7.18. The van der Waals surface area contributed by atoms with E-state index < -0.39 is 23.2 Å². The van der Waals surface area contributed by atoms with Gasteiger partial charge in [-0.15, -0.1) is 0 Å². The first kappa shape index (κ1) is 19.4. The van der Waals surface area contributed by atoms with Crippen LogP contribution < -0.4 is 10.9 Å². The topological polar surface area (TPSA) is 68.9 Å². The van der Waals surface area contributed by atoms with Crippen LogP contribution in [-0.2, 0) is 13.2 Å². The number of anilines is 1. The number of para-hydroxylation sites is 1. The van der Waals surface area contributed by atoms with Crippen LogP contribution in [0.2, 0.25) is 0 Å². The molecule has 30 heavy (non-hydrogen) atoms. The molecule has 0 unspecified atom stereocenters. The molecular formula is C21H15F3N4O2. The summed E-state index contributed by atoms with van der Waals surface area (Å²) in [5.41, 5.74) is -0.312. The van der Waals surface area contributed by atoms with E-state index in [2.05, 4.69) is 10.4 Å². The number of alkyl halides is 3. The van der Waals surface area contributed by atoms with Crippen molar-refractivity contribution in [1.82, 2.24) is 14.3 Å². The number of nitrogens with zero attached hydrogens (tertiary/aromatic N) is 3. The Morgan fingerprint density at radius 3 is 2.47 bits per heavy atom. The van der Waals surface area contributed by atoms with Crippen LogP contribution in [0.4, 0.5) is 18.9 Å². The Kier molecular flexibility index (Phi) is 4.65. The standard InChI is InChI=1S/C21H15F3N4O2/c1-27-11-16(19(29)25-14-7-5-6-13(10-14)21(22,23)24)18-17(12-27)20(30)28(26-18)15-8-3-2-4-9-15/h2-12H,1H3,(H,25,29). The molecular weight excluding hydrogens is 397 g/mol. The van der Waals surface area contributed by atoms with Crippen LogP contribution >= 0.6 is 0 Å². The van der Waals surface area contributed by atoms with Gasteiger partial charge in [0.25, 0.3) is 11.5 Å². The fourth-order valence-corrected chi connectivity index (χ4v) is 3.12. The van der Waals surface area contributed by atoms with E-state index in [9.17, 15) is 22.8 Å². The summed E-state index contributed by atoms with van der Waals surface area (Å²) >= 11 is 0. The number of aromatic nitrogens is 3. The number of fused-ring (bicyclic) bond motifs is 1. The van der Waals surface area contributed by atoms with Crippen LogP contribution in [0.15, 0.2) is 71.8 Å². The number of nitrogens with one attached hydrogen (secondary N) is 1. The summed E-state index contributed by atoms with van der Waals surface area (Å²) in [6, 6.07) is 13.0. The lowest BCUT2D eigenvalue weighted by Crippen LogP contribution is -2.17. The maximum atomic E-state index is 12.9. The van der Waals surface area contributed by atoms with E-state index in [1.54, 1.807) is 43.6 Å². The second-order valence-electron chi connectivity index (χ2n) is 6.68. The first-order valence-corrected chi connectivity index (χ1v) is 8.87. The van der Waals surface area contributed by atoms with E-state index in [4.69, 9.17) is 0 Å². The van der Waals surface area contributed by atoms with E-state index in [-0.39, 0.29) is 22.5 Å². The zero-order valence-corrected chi connectivity index (χ0v) is 15.6. The van der Waals surface area contributed by atoms with Gasteiger partial charge in [-0.25, -0.2) is 0 Å². The molecule has 152 valence electrons. The van der Waals surface area contributed by atoms with Crippen molar-refractivity contribution in [3.63, 3.8) is 0 Å². The van der Waals surface area contributed by atoms with Crippen molar-refractivity contribution in [2.24, 2.45) is 7.05 Å². The number of hydrogen-bond acceptors (Lipinski definition) is 3. The minimum atomic E-state index is -4.53. The maximum Gasteiger partial charge on any atom is 0.416 e. The number of carbonyl (C=O) groups excluding carboxylic acids is 1. The van der Waals surface area contributed by atoms with Gasteiger partial charge in [0.2, 0.25) is 0 Å². The van der Waals surface area contributed by atoms with Crippen molar-refractivity contribution in [3.8, 4) is 16.9 Å². The monoisotopic (exact) mass is 412 g/mol. The zero-order chi connectivity index (χ0) is 21.5. The van der Waals surface area contributed by atoms with E-state index >= 15 is 0 Å².